The zero-order chi connectivity index (χ0) is 57.2. The fourth-order valence-corrected chi connectivity index (χ4v) is 9.89. The number of fused-ring (bicyclic) bond motifs is 1. The highest BCUT2D eigenvalue weighted by Crippen LogP contribution is 2.25. The SMILES string of the molecule is CC[C@H](C)[C@H](CC(=O)[C@H](Cc1ccccc1)NC(=O)[C@H](CCSC)CC(=O)[C@H](Cc1c[nH]c2ccccc12)NC(=O)[C@H](C)CC(=O)[C@H](CCCN=C(N)N)NC(=O)[C@@H](CC(=O)[C@@H](C)CCCN=C(N)N)CC(C)C)C(N)=O. The lowest BCUT2D eigenvalue weighted by Crippen LogP contribution is -2.49. The molecule has 0 bridgehead atoms. The number of H-pyrrole nitrogens is 1. The number of aliphatic imine (C=N–C) groups is 2. The highest BCUT2D eigenvalue weighted by molar-refractivity contribution is 7.98. The number of aromatic nitrogens is 1. The van der Waals surface area contributed by atoms with Crippen LogP contribution in [0.25, 0.3) is 10.9 Å². The average molecular weight is 1090 g/mol. The summed E-state index contributed by atoms with van der Waals surface area (Å²) in [5, 5.41) is 9.62. The standard InChI is InChI=1S/C57H87N11O8S/c1-8-35(4)43(52(58)73)32-51(72)46(28-38-17-10-9-11-18-38)68-54(75)39(22-25-77-7)30-50(71)47(29-41-33-65-44-20-13-12-19-42(41)44)67-53(74)37(6)27-49(70)45(21-15-24-64-57(61)62)66-55(76)40(26-34(2)3)31-48(69)36(5)16-14-23-63-56(59)60/h9-13,17-20,33-37,39-40,43,45-47,65H,8,14-16,21-32H2,1-7H3,(H2,58,73)(H,66,76)(H,67,74)(H,68,75)(H4,59,60,63)(H4,61,62,64)/t35-,36-,37+,39+,40+,43-,45-,46-,47-/m0/s1. The number of guanidine groups is 2. The van der Waals surface area contributed by atoms with Crippen LogP contribution in [0.5, 0.6) is 0 Å². The lowest BCUT2D eigenvalue weighted by molar-refractivity contribution is -0.136. The van der Waals surface area contributed by atoms with Gasteiger partial charge in [0.1, 0.15) is 5.78 Å². The number of hydrogen-bond donors (Lipinski definition) is 9. The number of primary amides is 1. The number of rotatable bonds is 38. The predicted molar refractivity (Wildman–Crippen MR) is 306 cm³/mol. The van der Waals surface area contributed by atoms with Crippen LogP contribution in [0.3, 0.4) is 0 Å². The maximum absolute atomic E-state index is 14.8. The molecule has 14 N–H and O–H groups in total. The third kappa shape index (κ3) is 22.9. The Morgan fingerprint density at radius 1 is 0.597 bits per heavy atom. The van der Waals surface area contributed by atoms with Crippen LogP contribution in [-0.2, 0) is 51.2 Å². The third-order valence-corrected chi connectivity index (χ3v) is 14.9. The Bertz CT molecular complexity index is 2470. The average Bonchev–Trinajstić information content (AvgIpc) is 3.80. The molecule has 0 aliphatic heterocycles. The Labute approximate surface area is 459 Å². The summed E-state index contributed by atoms with van der Waals surface area (Å²) in [6.07, 6.45) is 5.93. The van der Waals surface area contributed by atoms with Gasteiger partial charge in [-0.1, -0.05) is 96.5 Å². The first-order valence-electron chi connectivity index (χ1n) is 27.0. The van der Waals surface area contributed by atoms with E-state index in [2.05, 4.69) is 30.9 Å². The van der Waals surface area contributed by atoms with Crippen molar-refractivity contribution in [2.75, 3.05) is 25.1 Å². The molecule has 0 spiro atoms. The van der Waals surface area contributed by atoms with Crippen molar-refractivity contribution in [1.29, 1.82) is 0 Å². The summed E-state index contributed by atoms with van der Waals surface area (Å²) < 4.78 is 0. The van der Waals surface area contributed by atoms with Gasteiger partial charge in [0.25, 0.3) is 0 Å². The number of ketones is 4. The molecule has 9 atom stereocenters. The second-order valence-electron chi connectivity index (χ2n) is 21.0. The van der Waals surface area contributed by atoms with Gasteiger partial charge in [-0.05, 0) is 86.0 Å². The topological polar surface area (TPSA) is 343 Å². The van der Waals surface area contributed by atoms with Gasteiger partial charge < -0.3 is 49.6 Å². The van der Waals surface area contributed by atoms with E-state index >= 15 is 0 Å². The van der Waals surface area contributed by atoms with E-state index in [4.69, 9.17) is 28.7 Å². The number of amides is 4. The molecule has 1 aromatic heterocycles. The molecule has 20 heteroatoms. The number of carbonyl (C=O) groups excluding carboxylic acids is 8. The molecular formula is C57H87N11O8S. The van der Waals surface area contributed by atoms with Gasteiger partial charge in [-0.15, -0.1) is 0 Å². The normalized spacial score (nSPS) is 14.9. The van der Waals surface area contributed by atoms with Crippen molar-refractivity contribution in [3.05, 3.63) is 71.9 Å². The van der Waals surface area contributed by atoms with Crippen LogP contribution in [0, 0.1) is 41.4 Å². The maximum atomic E-state index is 14.8. The van der Waals surface area contributed by atoms with Gasteiger partial charge in [0.05, 0.1) is 18.1 Å². The Morgan fingerprint density at radius 2 is 1.14 bits per heavy atom. The molecule has 19 nitrogen and oxygen atoms in total. The van der Waals surface area contributed by atoms with E-state index in [0.29, 0.717) is 44.4 Å². The van der Waals surface area contributed by atoms with Crippen LogP contribution < -0.4 is 44.6 Å². The molecular weight excluding hydrogens is 999 g/mol. The van der Waals surface area contributed by atoms with Crippen LogP contribution in [0.4, 0.5) is 0 Å². The first kappa shape index (κ1) is 64.7. The molecule has 3 aromatic rings. The van der Waals surface area contributed by atoms with E-state index in [-0.39, 0.29) is 99.2 Å². The second kappa shape index (κ2) is 33.6. The van der Waals surface area contributed by atoms with Crippen molar-refractivity contribution < 1.29 is 38.4 Å². The molecule has 0 fully saturated rings. The number of hydrogen-bond acceptors (Lipinski definition) is 11. The summed E-state index contributed by atoms with van der Waals surface area (Å²) in [5.74, 6) is -6.96. The Morgan fingerprint density at radius 3 is 1.75 bits per heavy atom. The van der Waals surface area contributed by atoms with Crippen molar-refractivity contribution in [1.82, 2.24) is 20.9 Å². The van der Waals surface area contributed by atoms with Gasteiger partial charge in [0.15, 0.2) is 29.3 Å². The molecule has 2 aromatic carbocycles. The molecule has 0 saturated heterocycles. The summed E-state index contributed by atoms with van der Waals surface area (Å²) in [4.78, 5) is 123. The Balaban J connectivity index is 1.92. The Hall–Kier alpha value is -6.57. The lowest BCUT2D eigenvalue weighted by atomic mass is 9.84. The molecule has 0 radical (unpaired) electrons. The molecule has 4 amide bonds. The summed E-state index contributed by atoms with van der Waals surface area (Å²) >= 11 is 1.49. The molecule has 0 aliphatic carbocycles. The molecule has 3 rings (SSSR count). The first-order chi connectivity index (χ1) is 36.5. The molecule has 0 saturated carbocycles. The van der Waals surface area contributed by atoms with E-state index in [1.807, 2.05) is 88.5 Å². The van der Waals surface area contributed by atoms with E-state index in [1.165, 1.54) is 11.8 Å². The van der Waals surface area contributed by atoms with Gasteiger partial charge in [-0.25, -0.2) is 0 Å². The highest BCUT2D eigenvalue weighted by Gasteiger charge is 2.35. The molecule has 0 unspecified atom stereocenters. The smallest absolute Gasteiger partial charge is 0.224 e. The number of thioether (sulfide) groups is 1. The van der Waals surface area contributed by atoms with Crippen LogP contribution in [-0.4, -0.2) is 107 Å². The quantitative estimate of drug-likeness (QED) is 0.0212. The van der Waals surface area contributed by atoms with E-state index in [1.54, 1.807) is 20.0 Å². The maximum Gasteiger partial charge on any atom is 0.224 e. The molecule has 0 aliphatic rings. The number of benzene rings is 2. The number of carbonyl (C=O) groups is 8. The fraction of sp³-hybridized carbons (Fsp3) is 0.579. The minimum Gasteiger partial charge on any atom is -0.370 e. The van der Waals surface area contributed by atoms with Crippen LogP contribution >= 0.6 is 11.8 Å². The number of nitrogens with one attached hydrogen (secondary N) is 4. The summed E-state index contributed by atoms with van der Waals surface area (Å²) in [6, 6.07) is 13.5. The van der Waals surface area contributed by atoms with Crippen molar-refractivity contribution in [2.45, 2.75) is 143 Å². The monoisotopic (exact) mass is 1090 g/mol. The summed E-state index contributed by atoms with van der Waals surface area (Å²) in [6.45, 7) is 11.6. The zero-order valence-electron chi connectivity index (χ0n) is 46.3. The fourth-order valence-electron chi connectivity index (χ4n) is 9.37. The highest BCUT2D eigenvalue weighted by atomic mass is 32.2. The lowest BCUT2D eigenvalue weighted by Gasteiger charge is -2.26. The van der Waals surface area contributed by atoms with Gasteiger partial charge >= 0.3 is 0 Å². The van der Waals surface area contributed by atoms with Crippen LogP contribution in [0.15, 0.2) is 70.8 Å². The number of nitrogens with two attached hydrogens (primary N) is 5. The number of aromatic amines is 1. The third-order valence-electron chi connectivity index (χ3n) is 14.2. The van der Waals surface area contributed by atoms with Crippen molar-refractivity contribution in [2.24, 2.45) is 80.1 Å². The summed E-state index contributed by atoms with van der Waals surface area (Å²) in [7, 11) is 0. The van der Waals surface area contributed by atoms with Gasteiger partial charge in [0, 0.05) is 91.9 Å². The number of Topliss-reactive ketones (excluding diaryl/α,β-unsaturated/α-hetero) is 4. The van der Waals surface area contributed by atoms with Gasteiger partial charge in [0.2, 0.25) is 23.6 Å². The second-order valence-corrected chi connectivity index (χ2v) is 22.0. The molecule has 77 heavy (non-hydrogen) atoms. The van der Waals surface area contributed by atoms with Crippen molar-refractivity contribution in [3.8, 4) is 0 Å². The van der Waals surface area contributed by atoms with E-state index in [9.17, 15) is 38.4 Å². The van der Waals surface area contributed by atoms with E-state index < -0.39 is 77.0 Å². The first-order valence-corrected chi connectivity index (χ1v) is 28.4. The van der Waals surface area contributed by atoms with Gasteiger partial charge in [-0.3, -0.25) is 48.3 Å². The van der Waals surface area contributed by atoms with Gasteiger partial charge in [-0.2, -0.15) is 11.8 Å². The van der Waals surface area contributed by atoms with Crippen molar-refractivity contribution >= 4 is 81.3 Å². The Kier molecular flexibility index (Phi) is 28.2. The molecule has 424 valence electrons. The number of para-hydroxylation sites is 1. The minimum absolute atomic E-state index is 0.0306. The van der Waals surface area contributed by atoms with Crippen LogP contribution in [0.1, 0.15) is 123 Å². The molecule has 1 heterocycles. The summed E-state index contributed by atoms with van der Waals surface area (Å²) in [5.41, 5.74) is 30.1. The van der Waals surface area contributed by atoms with E-state index in [0.717, 1.165) is 22.0 Å². The van der Waals surface area contributed by atoms with Crippen molar-refractivity contribution in [3.63, 3.8) is 0 Å². The number of nitrogens with zero attached hydrogens (tertiary/aromatic N) is 2. The zero-order valence-corrected chi connectivity index (χ0v) is 47.1. The van der Waals surface area contributed by atoms with Crippen LogP contribution in [0.2, 0.25) is 0 Å². The predicted octanol–water partition coefficient (Wildman–Crippen LogP) is 4.80. The minimum atomic E-state index is -1.14. The largest absolute Gasteiger partial charge is 0.370 e.